The first-order valence-corrected chi connectivity index (χ1v) is 9.63. The Bertz CT molecular complexity index is 1140. The quantitative estimate of drug-likeness (QED) is 0.448. The van der Waals surface area contributed by atoms with Crippen molar-refractivity contribution in [2.75, 3.05) is 10.6 Å². The summed E-state index contributed by atoms with van der Waals surface area (Å²) in [7, 11) is 0. The van der Waals surface area contributed by atoms with E-state index in [4.69, 9.17) is 0 Å². The molecule has 0 aliphatic carbocycles. The highest BCUT2D eigenvalue weighted by molar-refractivity contribution is 6.00. The minimum Gasteiger partial charge on any atom is -0.348 e. The van der Waals surface area contributed by atoms with Gasteiger partial charge in [-0.1, -0.05) is 30.3 Å². The zero-order chi connectivity index (χ0) is 21.5. The van der Waals surface area contributed by atoms with E-state index in [0.717, 1.165) is 11.3 Å². The summed E-state index contributed by atoms with van der Waals surface area (Å²) < 4.78 is 1.66. The number of urea groups is 1. The molecule has 0 saturated carbocycles. The number of nitrogens with zero attached hydrogens (tertiary/aromatic N) is 3. The first kappa shape index (κ1) is 19.8. The minimum atomic E-state index is -0.349. The second-order valence-electron chi connectivity index (χ2n) is 6.71. The van der Waals surface area contributed by atoms with Gasteiger partial charge in [0.1, 0.15) is 12.7 Å². The lowest BCUT2D eigenvalue weighted by molar-refractivity contribution is 0.0951. The third-order valence-corrected chi connectivity index (χ3v) is 4.51. The molecule has 0 atom stereocenters. The van der Waals surface area contributed by atoms with Crippen LogP contribution >= 0.6 is 0 Å². The van der Waals surface area contributed by atoms with Crippen molar-refractivity contribution < 1.29 is 9.59 Å². The van der Waals surface area contributed by atoms with Crippen LogP contribution in [0.1, 0.15) is 15.9 Å². The van der Waals surface area contributed by atoms with Gasteiger partial charge in [-0.25, -0.2) is 14.5 Å². The highest BCUT2D eigenvalue weighted by Crippen LogP contribution is 2.12. The highest BCUT2D eigenvalue weighted by atomic mass is 16.2. The predicted molar refractivity (Wildman–Crippen MR) is 118 cm³/mol. The first-order valence-electron chi connectivity index (χ1n) is 9.63. The Morgan fingerprint density at radius 3 is 2.13 bits per heavy atom. The fraction of sp³-hybridized carbons (Fsp3) is 0.0435. The Balaban J connectivity index is 1.28. The number of rotatable bonds is 6. The summed E-state index contributed by atoms with van der Waals surface area (Å²) in [6, 6.07) is 23.2. The average molecular weight is 412 g/mol. The molecule has 3 N–H and O–H groups in total. The number of carbonyl (C=O) groups is 2. The molecule has 154 valence electrons. The van der Waals surface area contributed by atoms with E-state index in [9.17, 15) is 9.59 Å². The molecule has 31 heavy (non-hydrogen) atoms. The standard InChI is InChI=1S/C23H20N6O2/c30-22(25-14-17-6-12-21(13-7-17)29-16-24-15-26-29)18-8-10-20(11-9-18)28-23(31)27-19-4-2-1-3-5-19/h1-13,15-16H,14H2,(H,25,30)(H2,27,28,31). The molecule has 0 spiro atoms. The van der Waals surface area contributed by atoms with Crippen molar-refractivity contribution in [1.29, 1.82) is 0 Å². The average Bonchev–Trinajstić information content (AvgIpc) is 3.34. The number of amides is 3. The molecule has 3 aromatic carbocycles. The lowest BCUT2D eigenvalue weighted by Crippen LogP contribution is -2.23. The maximum Gasteiger partial charge on any atom is 0.323 e. The molecule has 3 amide bonds. The lowest BCUT2D eigenvalue weighted by atomic mass is 10.1. The molecule has 0 aliphatic heterocycles. The van der Waals surface area contributed by atoms with Crippen LogP contribution in [0, 0.1) is 0 Å². The number of benzene rings is 3. The van der Waals surface area contributed by atoms with Crippen LogP contribution in [-0.4, -0.2) is 26.7 Å². The van der Waals surface area contributed by atoms with Crippen LogP contribution in [0.4, 0.5) is 16.2 Å². The van der Waals surface area contributed by atoms with Crippen LogP contribution in [0.2, 0.25) is 0 Å². The Morgan fingerprint density at radius 1 is 0.806 bits per heavy atom. The van der Waals surface area contributed by atoms with Crippen LogP contribution in [0.5, 0.6) is 0 Å². The van der Waals surface area contributed by atoms with E-state index in [1.807, 2.05) is 42.5 Å². The molecule has 8 heteroatoms. The lowest BCUT2D eigenvalue weighted by Gasteiger charge is -2.09. The van der Waals surface area contributed by atoms with Crippen LogP contribution in [-0.2, 0) is 6.54 Å². The van der Waals surface area contributed by atoms with E-state index in [2.05, 4.69) is 26.0 Å². The zero-order valence-electron chi connectivity index (χ0n) is 16.5. The van der Waals surface area contributed by atoms with E-state index < -0.39 is 0 Å². The predicted octanol–water partition coefficient (Wildman–Crippen LogP) is 3.84. The summed E-state index contributed by atoms with van der Waals surface area (Å²) in [5.74, 6) is -0.194. The van der Waals surface area contributed by atoms with Gasteiger partial charge in [-0.3, -0.25) is 4.79 Å². The Labute approximate surface area is 178 Å². The van der Waals surface area contributed by atoms with Gasteiger partial charge in [0.25, 0.3) is 5.91 Å². The van der Waals surface area contributed by atoms with Crippen LogP contribution in [0.15, 0.2) is 91.5 Å². The van der Waals surface area contributed by atoms with Gasteiger partial charge in [-0.15, -0.1) is 0 Å². The largest absolute Gasteiger partial charge is 0.348 e. The van der Waals surface area contributed by atoms with Gasteiger partial charge in [0.05, 0.1) is 5.69 Å². The second-order valence-corrected chi connectivity index (χ2v) is 6.71. The number of carbonyl (C=O) groups excluding carboxylic acids is 2. The number of hydrogen-bond donors (Lipinski definition) is 3. The molecule has 0 fully saturated rings. The molecule has 0 saturated heterocycles. The van der Waals surface area contributed by atoms with Gasteiger partial charge in [-0.2, -0.15) is 5.10 Å². The fourth-order valence-corrected chi connectivity index (χ4v) is 2.91. The van der Waals surface area contributed by atoms with Crippen molar-refractivity contribution in [3.8, 4) is 5.69 Å². The number of anilines is 2. The SMILES string of the molecule is O=C(Nc1ccccc1)Nc1ccc(C(=O)NCc2ccc(-n3cncn3)cc2)cc1. The molecule has 0 radical (unpaired) electrons. The van der Waals surface area contributed by atoms with Gasteiger partial charge in [-0.05, 0) is 54.1 Å². The van der Waals surface area contributed by atoms with Crippen molar-refractivity contribution in [2.45, 2.75) is 6.54 Å². The summed E-state index contributed by atoms with van der Waals surface area (Å²) in [6.07, 6.45) is 3.10. The molecule has 0 aliphatic rings. The van der Waals surface area contributed by atoms with Crippen molar-refractivity contribution >= 4 is 23.3 Å². The zero-order valence-corrected chi connectivity index (χ0v) is 16.5. The summed E-state index contributed by atoms with van der Waals surface area (Å²) in [6.45, 7) is 0.399. The Hall–Kier alpha value is -4.46. The monoisotopic (exact) mass is 412 g/mol. The van der Waals surface area contributed by atoms with Crippen molar-refractivity contribution in [3.63, 3.8) is 0 Å². The normalized spacial score (nSPS) is 10.3. The molecule has 1 aromatic heterocycles. The van der Waals surface area contributed by atoms with E-state index >= 15 is 0 Å². The molecule has 0 bridgehead atoms. The number of aromatic nitrogens is 3. The maximum atomic E-state index is 12.4. The maximum absolute atomic E-state index is 12.4. The molecule has 4 aromatic rings. The summed E-state index contributed by atoms with van der Waals surface area (Å²) in [4.78, 5) is 28.4. The van der Waals surface area contributed by atoms with Crippen LogP contribution in [0.25, 0.3) is 5.69 Å². The van der Waals surface area contributed by atoms with E-state index in [1.54, 1.807) is 47.4 Å². The molecule has 8 nitrogen and oxygen atoms in total. The Kier molecular flexibility index (Phi) is 5.99. The van der Waals surface area contributed by atoms with Gasteiger partial charge in [0.2, 0.25) is 0 Å². The van der Waals surface area contributed by atoms with E-state index in [1.165, 1.54) is 6.33 Å². The van der Waals surface area contributed by atoms with E-state index in [0.29, 0.717) is 23.5 Å². The van der Waals surface area contributed by atoms with Gasteiger partial charge >= 0.3 is 6.03 Å². The molecule has 1 heterocycles. The summed E-state index contributed by atoms with van der Waals surface area (Å²) >= 11 is 0. The first-order chi connectivity index (χ1) is 15.2. The third kappa shape index (κ3) is 5.33. The summed E-state index contributed by atoms with van der Waals surface area (Å²) in [5, 5.41) is 12.4. The van der Waals surface area contributed by atoms with Crippen molar-refractivity contribution in [3.05, 3.63) is 103 Å². The van der Waals surface area contributed by atoms with Crippen molar-refractivity contribution in [2.24, 2.45) is 0 Å². The van der Waals surface area contributed by atoms with Gasteiger partial charge in [0, 0.05) is 23.5 Å². The summed E-state index contributed by atoms with van der Waals surface area (Å²) in [5.41, 5.74) is 3.66. The van der Waals surface area contributed by atoms with Crippen molar-refractivity contribution in [1.82, 2.24) is 20.1 Å². The smallest absolute Gasteiger partial charge is 0.323 e. The molecular formula is C23H20N6O2. The Morgan fingerprint density at radius 2 is 1.48 bits per heavy atom. The fourth-order valence-electron chi connectivity index (χ4n) is 2.91. The second kappa shape index (κ2) is 9.36. The van der Waals surface area contributed by atoms with Crippen LogP contribution in [0.3, 0.4) is 0 Å². The van der Waals surface area contributed by atoms with E-state index in [-0.39, 0.29) is 11.9 Å². The van der Waals surface area contributed by atoms with Gasteiger partial charge in [0.15, 0.2) is 0 Å². The minimum absolute atomic E-state index is 0.194. The number of nitrogens with one attached hydrogen (secondary N) is 3. The molecular weight excluding hydrogens is 392 g/mol. The highest BCUT2D eigenvalue weighted by Gasteiger charge is 2.07. The third-order valence-electron chi connectivity index (χ3n) is 4.51. The number of para-hydroxylation sites is 1. The number of hydrogen-bond acceptors (Lipinski definition) is 4. The molecule has 0 unspecified atom stereocenters. The molecule has 4 rings (SSSR count). The van der Waals surface area contributed by atoms with Gasteiger partial charge < -0.3 is 16.0 Å². The topological polar surface area (TPSA) is 101 Å². The van der Waals surface area contributed by atoms with Crippen LogP contribution < -0.4 is 16.0 Å².